The van der Waals surface area contributed by atoms with Gasteiger partial charge < -0.3 is 10.1 Å². The van der Waals surface area contributed by atoms with Crippen LogP contribution in [-0.2, 0) is 22.7 Å². The van der Waals surface area contributed by atoms with Crippen molar-refractivity contribution in [3.63, 3.8) is 0 Å². The molecule has 1 fully saturated rings. The Morgan fingerprint density at radius 3 is 2.66 bits per heavy atom. The third-order valence-electron chi connectivity index (χ3n) is 5.50. The van der Waals surface area contributed by atoms with Gasteiger partial charge in [0.05, 0.1) is 18.8 Å². The largest absolute Gasteiger partial charge is 0.495 e. The fraction of sp³-hybridized carbons (Fsp3) is 0.273. The number of nitrogens with one attached hydrogen (secondary N) is 3. The maximum Gasteiger partial charge on any atom is 0.326 e. The molecule has 2 aliphatic heterocycles. The van der Waals surface area contributed by atoms with Gasteiger partial charge in [0.15, 0.2) is 0 Å². The molecule has 3 N–H and O–H groups in total. The minimum absolute atomic E-state index is 0.254. The Morgan fingerprint density at radius 1 is 1.12 bits per heavy atom. The van der Waals surface area contributed by atoms with E-state index in [1.165, 1.54) is 13.2 Å². The molecule has 0 aromatic heterocycles. The molecule has 2 heterocycles. The van der Waals surface area contributed by atoms with E-state index >= 15 is 0 Å². The fourth-order valence-electron chi connectivity index (χ4n) is 3.92. The number of carbonyl (C=O) groups is 4. The van der Waals surface area contributed by atoms with Gasteiger partial charge in [-0.1, -0.05) is 17.7 Å². The summed E-state index contributed by atoms with van der Waals surface area (Å²) >= 11 is 5.96. The summed E-state index contributed by atoms with van der Waals surface area (Å²) in [6.07, 6.45) is 0.780. The molecule has 166 valence electrons. The highest BCUT2D eigenvalue weighted by molar-refractivity contribution is 6.31. The number of carbonyl (C=O) groups excluding carboxylic acids is 4. The summed E-state index contributed by atoms with van der Waals surface area (Å²) in [5.41, 5.74) is 2.56. The second kappa shape index (κ2) is 8.97. The number of piperidine rings is 1. The van der Waals surface area contributed by atoms with Crippen molar-refractivity contribution in [1.82, 2.24) is 15.5 Å². The lowest BCUT2D eigenvalue weighted by atomic mass is 10.0. The number of fused-ring (bicyclic) bond motifs is 1. The number of anilines is 1. The summed E-state index contributed by atoms with van der Waals surface area (Å²) in [4.78, 5) is 50.4. The fourth-order valence-corrected chi connectivity index (χ4v) is 4.09. The van der Waals surface area contributed by atoms with Gasteiger partial charge in [-0.15, -0.1) is 0 Å². The number of halogens is 1. The Kier molecular flexibility index (Phi) is 6.11. The van der Waals surface area contributed by atoms with Crippen molar-refractivity contribution in [1.29, 1.82) is 0 Å². The zero-order valence-corrected chi connectivity index (χ0v) is 18.0. The van der Waals surface area contributed by atoms with Gasteiger partial charge in [-0.05, 0) is 47.9 Å². The standard InChI is InChI=1S/C22H21ClN4O5/c1-32-18-6-4-15(23)9-16(18)24-22(31)26-20(29)12-2-3-13-10-27(11-14(13)8-12)17-5-7-19(28)25-21(17)30/h2-4,6,8-9,17H,5,7,10-11H2,1H3,(H,25,28,30)(H2,24,26,29,31). The van der Waals surface area contributed by atoms with Crippen molar-refractivity contribution < 1.29 is 23.9 Å². The lowest BCUT2D eigenvalue weighted by molar-refractivity contribution is -0.137. The number of nitrogens with zero attached hydrogens (tertiary/aromatic N) is 1. The summed E-state index contributed by atoms with van der Waals surface area (Å²) < 4.78 is 5.18. The van der Waals surface area contributed by atoms with Crippen LogP contribution in [0, 0.1) is 0 Å². The van der Waals surface area contributed by atoms with Crippen molar-refractivity contribution in [2.45, 2.75) is 32.0 Å². The number of rotatable bonds is 4. The van der Waals surface area contributed by atoms with Gasteiger partial charge in [-0.2, -0.15) is 0 Å². The molecule has 2 aromatic carbocycles. The molecule has 2 aromatic rings. The van der Waals surface area contributed by atoms with E-state index in [0.717, 1.165) is 11.1 Å². The first-order valence-corrected chi connectivity index (χ1v) is 10.4. The minimum atomic E-state index is -0.721. The molecule has 0 spiro atoms. The van der Waals surface area contributed by atoms with Gasteiger partial charge in [-0.3, -0.25) is 29.9 Å². The summed E-state index contributed by atoms with van der Waals surface area (Å²) in [6.45, 7) is 1.03. The molecule has 32 heavy (non-hydrogen) atoms. The van der Waals surface area contributed by atoms with Gasteiger partial charge in [0, 0.05) is 30.1 Å². The van der Waals surface area contributed by atoms with Crippen LogP contribution in [0.1, 0.15) is 34.3 Å². The number of imide groups is 2. The summed E-state index contributed by atoms with van der Waals surface area (Å²) in [5.74, 6) is -0.704. The van der Waals surface area contributed by atoms with Gasteiger partial charge in [0.25, 0.3) is 5.91 Å². The van der Waals surface area contributed by atoms with Crippen LogP contribution in [0.2, 0.25) is 5.02 Å². The number of methoxy groups -OCH3 is 1. The van der Waals surface area contributed by atoms with E-state index in [0.29, 0.717) is 48.0 Å². The van der Waals surface area contributed by atoms with E-state index in [1.807, 2.05) is 11.0 Å². The highest BCUT2D eigenvalue weighted by Crippen LogP contribution is 2.29. The van der Waals surface area contributed by atoms with Crippen molar-refractivity contribution in [2.24, 2.45) is 0 Å². The maximum atomic E-state index is 12.6. The zero-order valence-electron chi connectivity index (χ0n) is 17.2. The van der Waals surface area contributed by atoms with E-state index < -0.39 is 11.9 Å². The van der Waals surface area contributed by atoms with Crippen LogP contribution in [-0.4, -0.2) is 41.8 Å². The number of urea groups is 1. The smallest absolute Gasteiger partial charge is 0.326 e. The molecule has 0 radical (unpaired) electrons. The Balaban J connectivity index is 1.40. The average Bonchev–Trinajstić information content (AvgIpc) is 3.16. The van der Waals surface area contributed by atoms with Crippen LogP contribution < -0.4 is 20.7 Å². The predicted molar refractivity (Wildman–Crippen MR) is 116 cm³/mol. The van der Waals surface area contributed by atoms with Crippen molar-refractivity contribution in [3.05, 3.63) is 58.1 Å². The number of ether oxygens (including phenoxy) is 1. The number of hydrogen-bond donors (Lipinski definition) is 3. The van der Waals surface area contributed by atoms with E-state index in [2.05, 4.69) is 16.0 Å². The highest BCUT2D eigenvalue weighted by Gasteiger charge is 2.34. The lowest BCUT2D eigenvalue weighted by Gasteiger charge is -2.29. The SMILES string of the molecule is COc1ccc(Cl)cc1NC(=O)NC(=O)c1ccc2c(c1)CN(C1CCC(=O)NC1=O)C2. The highest BCUT2D eigenvalue weighted by atomic mass is 35.5. The van der Waals surface area contributed by atoms with Crippen LogP contribution in [0.4, 0.5) is 10.5 Å². The monoisotopic (exact) mass is 456 g/mol. The first kappa shape index (κ1) is 21.8. The van der Waals surface area contributed by atoms with Crippen LogP contribution in [0.5, 0.6) is 5.75 Å². The van der Waals surface area contributed by atoms with Crippen molar-refractivity contribution in [2.75, 3.05) is 12.4 Å². The average molecular weight is 457 g/mol. The first-order chi connectivity index (χ1) is 15.3. The Hall–Kier alpha value is -3.43. The van der Waals surface area contributed by atoms with E-state index in [1.54, 1.807) is 24.3 Å². The molecule has 0 bridgehead atoms. The summed E-state index contributed by atoms with van der Waals surface area (Å²) in [5, 5.41) is 7.62. The predicted octanol–water partition coefficient (Wildman–Crippen LogP) is 2.43. The molecule has 1 saturated heterocycles. The number of hydrogen-bond acceptors (Lipinski definition) is 6. The molecular formula is C22H21ClN4O5. The third-order valence-corrected chi connectivity index (χ3v) is 5.74. The second-order valence-electron chi connectivity index (χ2n) is 7.61. The molecular weight excluding hydrogens is 436 g/mol. The molecule has 10 heteroatoms. The van der Waals surface area contributed by atoms with E-state index in [4.69, 9.17) is 16.3 Å². The molecule has 9 nitrogen and oxygen atoms in total. The molecule has 1 atom stereocenters. The topological polar surface area (TPSA) is 117 Å². The molecule has 2 aliphatic rings. The van der Waals surface area contributed by atoms with E-state index in [9.17, 15) is 19.2 Å². The molecule has 0 aliphatic carbocycles. The maximum absolute atomic E-state index is 12.6. The quantitative estimate of drug-likeness (QED) is 0.608. The van der Waals surface area contributed by atoms with Gasteiger partial charge in [0.1, 0.15) is 5.75 Å². The minimum Gasteiger partial charge on any atom is -0.495 e. The molecule has 5 amide bonds. The normalized spacial score (nSPS) is 18.0. The summed E-state index contributed by atoms with van der Waals surface area (Å²) in [7, 11) is 1.46. The third kappa shape index (κ3) is 4.58. The molecule has 4 rings (SSSR count). The van der Waals surface area contributed by atoms with Crippen LogP contribution >= 0.6 is 11.6 Å². The number of benzene rings is 2. The van der Waals surface area contributed by atoms with Crippen molar-refractivity contribution in [3.8, 4) is 5.75 Å². The Labute approximate surface area is 189 Å². The molecule has 1 unspecified atom stereocenters. The number of amides is 5. The first-order valence-electron chi connectivity index (χ1n) is 9.99. The van der Waals surface area contributed by atoms with Gasteiger partial charge in [-0.25, -0.2) is 4.79 Å². The van der Waals surface area contributed by atoms with Gasteiger partial charge in [0.2, 0.25) is 11.8 Å². The van der Waals surface area contributed by atoms with Crippen LogP contribution in [0.15, 0.2) is 36.4 Å². The van der Waals surface area contributed by atoms with Crippen LogP contribution in [0.3, 0.4) is 0 Å². The lowest BCUT2D eigenvalue weighted by Crippen LogP contribution is -2.50. The zero-order chi connectivity index (χ0) is 22.8. The van der Waals surface area contributed by atoms with Gasteiger partial charge >= 0.3 is 6.03 Å². The van der Waals surface area contributed by atoms with Crippen molar-refractivity contribution >= 4 is 41.0 Å². The van der Waals surface area contributed by atoms with E-state index in [-0.39, 0.29) is 17.9 Å². The Bertz CT molecular complexity index is 1120. The summed E-state index contributed by atoms with van der Waals surface area (Å²) in [6, 6.07) is 8.81. The van der Waals surface area contributed by atoms with Crippen LogP contribution in [0.25, 0.3) is 0 Å². The second-order valence-corrected chi connectivity index (χ2v) is 8.04. The molecule has 0 saturated carbocycles. The Morgan fingerprint density at radius 2 is 1.91 bits per heavy atom.